The molecular formula is C15H17NO2+2. The van der Waals surface area contributed by atoms with Crippen LogP contribution in [-0.2, 0) is 4.74 Å². The van der Waals surface area contributed by atoms with Gasteiger partial charge in [0, 0.05) is 18.6 Å². The highest BCUT2D eigenvalue weighted by Crippen LogP contribution is 2.21. The number of hydrogen-bond donors (Lipinski definition) is 1. The second-order valence-electron chi connectivity index (χ2n) is 4.67. The van der Waals surface area contributed by atoms with Gasteiger partial charge in [0.2, 0.25) is 0 Å². The number of nitrogens with one attached hydrogen (secondary N) is 1. The van der Waals surface area contributed by atoms with E-state index >= 15 is 0 Å². The zero-order valence-corrected chi connectivity index (χ0v) is 10.4. The van der Waals surface area contributed by atoms with Crippen LogP contribution in [0.4, 0.5) is 0 Å². The molecule has 2 aromatic rings. The molecule has 3 heteroatoms. The fraction of sp³-hybridized carbons (Fsp3) is 0.267. The van der Waals surface area contributed by atoms with Gasteiger partial charge in [-0.25, -0.2) is 4.99 Å². The number of rotatable bonds is 2. The molecular weight excluding hydrogens is 226 g/mol. The van der Waals surface area contributed by atoms with E-state index in [0.29, 0.717) is 11.8 Å². The van der Waals surface area contributed by atoms with Gasteiger partial charge in [-0.05, 0) is 29.0 Å². The van der Waals surface area contributed by atoms with Gasteiger partial charge in [0.1, 0.15) is 0 Å². The first-order chi connectivity index (χ1) is 8.76. The summed E-state index contributed by atoms with van der Waals surface area (Å²) in [5.41, 5.74) is 1.08. The highest BCUT2D eigenvalue weighted by molar-refractivity contribution is 5.96. The molecule has 0 bridgehead atoms. The third kappa shape index (κ3) is 1.92. The van der Waals surface area contributed by atoms with Gasteiger partial charge in [0.05, 0.1) is 5.56 Å². The van der Waals surface area contributed by atoms with E-state index in [0.717, 1.165) is 35.3 Å². The van der Waals surface area contributed by atoms with E-state index in [2.05, 4.69) is 18.0 Å². The van der Waals surface area contributed by atoms with Gasteiger partial charge in [-0.2, -0.15) is 0 Å². The van der Waals surface area contributed by atoms with Crippen molar-refractivity contribution in [3.63, 3.8) is 0 Å². The molecule has 1 unspecified atom stereocenters. The molecule has 0 radical (unpaired) electrons. The maximum Gasteiger partial charge on any atom is 0.368 e. The molecule has 1 aliphatic heterocycles. The molecule has 2 aromatic carbocycles. The van der Waals surface area contributed by atoms with Crippen LogP contribution in [0.5, 0.6) is 5.75 Å². The molecule has 3 nitrogen and oxygen atoms in total. The maximum atomic E-state index is 7.61. The Morgan fingerprint density at radius 3 is 2.78 bits per heavy atom. The molecule has 1 aliphatic rings. The van der Waals surface area contributed by atoms with Crippen LogP contribution in [0, 0.1) is 0 Å². The number of fused-ring (bicyclic) bond motifs is 1. The minimum Gasteiger partial charge on any atom is -0.593 e. The van der Waals surface area contributed by atoms with Gasteiger partial charge in [0.25, 0.3) is 5.75 Å². The van der Waals surface area contributed by atoms with Crippen LogP contribution in [0.3, 0.4) is 0 Å². The minimum absolute atomic E-state index is 0.423. The molecule has 1 atom stereocenters. The molecule has 0 saturated carbocycles. The Hall–Kier alpha value is -2.03. The molecule has 0 aliphatic carbocycles. The largest absolute Gasteiger partial charge is 0.593 e. The Bertz CT molecular complexity index is 619. The van der Waals surface area contributed by atoms with E-state index in [-0.39, 0.29) is 0 Å². The summed E-state index contributed by atoms with van der Waals surface area (Å²) in [7, 11) is 0. The number of hydrogen-bond acceptors (Lipinski definition) is 1. The molecule has 0 fully saturated rings. The maximum absolute atomic E-state index is 7.61. The predicted molar refractivity (Wildman–Crippen MR) is 72.1 cm³/mol. The van der Waals surface area contributed by atoms with Crippen LogP contribution in [-0.4, -0.2) is 23.7 Å². The van der Waals surface area contributed by atoms with Crippen LogP contribution in [0.2, 0.25) is 0 Å². The van der Waals surface area contributed by atoms with Gasteiger partial charge in [-0.3, -0.25) is 0 Å². The Labute approximate surface area is 106 Å². The third-order valence-corrected chi connectivity index (χ3v) is 3.36. The highest BCUT2D eigenvalue weighted by atomic mass is 16.5. The summed E-state index contributed by atoms with van der Waals surface area (Å²) < 4.78 is 5.68. The zero-order chi connectivity index (χ0) is 12.5. The van der Waals surface area contributed by atoms with Crippen LogP contribution in [0.15, 0.2) is 36.4 Å². The summed E-state index contributed by atoms with van der Waals surface area (Å²) in [6.45, 7) is 2.90. The molecule has 0 spiro atoms. The second-order valence-corrected chi connectivity index (χ2v) is 4.67. The molecule has 0 amide bonds. The first kappa shape index (κ1) is 11.1. The summed E-state index contributed by atoms with van der Waals surface area (Å²) in [5.74, 6) is 1.42. The third-order valence-electron chi connectivity index (χ3n) is 3.36. The van der Waals surface area contributed by atoms with E-state index < -0.39 is 0 Å². The van der Waals surface area contributed by atoms with Crippen molar-refractivity contribution in [1.29, 1.82) is 0 Å². The molecule has 1 heterocycles. The summed E-state index contributed by atoms with van der Waals surface area (Å²) in [4.78, 5) is 3.39. The van der Waals surface area contributed by atoms with Gasteiger partial charge < -0.3 is 9.84 Å². The molecule has 0 saturated heterocycles. The van der Waals surface area contributed by atoms with E-state index in [1.165, 1.54) is 0 Å². The van der Waals surface area contributed by atoms with Crippen LogP contribution < -0.4 is 4.99 Å². The lowest BCUT2D eigenvalue weighted by Crippen LogP contribution is -2.76. The zero-order valence-electron chi connectivity index (χ0n) is 10.4. The van der Waals surface area contributed by atoms with Crippen LogP contribution in [0.25, 0.3) is 10.8 Å². The molecule has 3 N–H and O–H groups in total. The van der Waals surface area contributed by atoms with E-state index in [4.69, 9.17) is 9.84 Å². The topological polar surface area (TPSA) is 46.1 Å². The van der Waals surface area contributed by atoms with Crippen LogP contribution in [0.1, 0.15) is 18.9 Å². The molecule has 18 heavy (non-hydrogen) atoms. The second kappa shape index (κ2) is 4.33. The van der Waals surface area contributed by atoms with Gasteiger partial charge >= 0.3 is 5.90 Å². The Kier molecular flexibility index (Phi) is 2.67. The standard InChI is InChI=1S/C15H15NO2/c1-2-13-9-18-15(16-13)12-4-3-11-8-14(17)6-5-10(11)7-12/h3-8,13,17H,2,9H2,1H3/p+2. The highest BCUT2D eigenvalue weighted by Gasteiger charge is 2.25. The van der Waals surface area contributed by atoms with E-state index in [9.17, 15) is 0 Å². The monoisotopic (exact) mass is 243 g/mol. The average molecular weight is 243 g/mol. The Morgan fingerprint density at radius 1 is 1.22 bits per heavy atom. The van der Waals surface area contributed by atoms with Gasteiger partial charge in [-0.1, -0.05) is 13.0 Å². The van der Waals surface area contributed by atoms with Gasteiger partial charge in [0.15, 0.2) is 12.6 Å². The number of benzene rings is 2. The fourth-order valence-corrected chi connectivity index (χ4v) is 2.23. The number of ether oxygens (including phenoxy) is 1. The lowest BCUT2D eigenvalue weighted by atomic mass is 10.1. The average Bonchev–Trinajstić information content (AvgIpc) is 2.87. The quantitative estimate of drug-likeness (QED) is 0.783. The lowest BCUT2D eigenvalue weighted by Gasteiger charge is -2.00. The van der Waals surface area contributed by atoms with Gasteiger partial charge in [-0.15, -0.1) is 0 Å². The van der Waals surface area contributed by atoms with Crippen LogP contribution >= 0.6 is 0 Å². The summed E-state index contributed by atoms with van der Waals surface area (Å²) >= 11 is 0. The van der Waals surface area contributed by atoms with Crippen molar-refractivity contribution in [3.05, 3.63) is 42.0 Å². The first-order valence-electron chi connectivity index (χ1n) is 6.28. The van der Waals surface area contributed by atoms with Crippen molar-refractivity contribution >= 4 is 16.7 Å². The van der Waals surface area contributed by atoms with Crippen molar-refractivity contribution in [2.75, 3.05) is 6.61 Å². The Morgan fingerprint density at radius 2 is 2.00 bits per heavy atom. The van der Waals surface area contributed by atoms with Crippen molar-refractivity contribution < 1.29 is 14.8 Å². The Balaban J connectivity index is 2.01. The van der Waals surface area contributed by atoms with Crippen molar-refractivity contribution in [1.82, 2.24) is 0 Å². The smallest absolute Gasteiger partial charge is 0.368 e. The van der Waals surface area contributed by atoms with Crippen molar-refractivity contribution in [2.45, 2.75) is 19.4 Å². The minimum atomic E-state index is 0.423. The first-order valence-corrected chi connectivity index (χ1v) is 6.28. The van der Waals surface area contributed by atoms with Crippen molar-refractivity contribution in [2.24, 2.45) is 0 Å². The summed E-state index contributed by atoms with van der Waals surface area (Å²) in [5, 5.41) is 9.84. The van der Waals surface area contributed by atoms with E-state index in [1.807, 2.05) is 30.3 Å². The SMILES string of the molecule is CCC1COC(c2ccc3cc([OH2+])ccc3c2)=[NH+]1. The predicted octanol–water partition coefficient (Wildman–Crippen LogP) is 0.914. The lowest BCUT2D eigenvalue weighted by molar-refractivity contribution is -0.490. The van der Waals surface area contributed by atoms with E-state index in [1.54, 1.807) is 0 Å². The molecule has 0 aromatic heterocycles. The summed E-state index contributed by atoms with van der Waals surface area (Å²) in [6.07, 6.45) is 1.07. The molecule has 3 rings (SSSR count). The fourth-order valence-electron chi connectivity index (χ4n) is 2.23. The molecule has 92 valence electrons. The van der Waals surface area contributed by atoms with Crippen molar-refractivity contribution in [3.8, 4) is 5.75 Å². The summed E-state index contributed by atoms with van der Waals surface area (Å²) in [6, 6.07) is 12.3. The normalized spacial score (nSPS) is 18.7.